The molecule has 0 radical (unpaired) electrons. The van der Waals surface area contributed by atoms with E-state index in [1.54, 1.807) is 0 Å². The van der Waals surface area contributed by atoms with Crippen molar-refractivity contribution in [2.45, 2.75) is 25.6 Å². The van der Waals surface area contributed by atoms with Gasteiger partial charge in [0.05, 0.1) is 0 Å². The summed E-state index contributed by atoms with van der Waals surface area (Å²) < 4.78 is 0. The second-order valence-electron chi connectivity index (χ2n) is 3.46. The van der Waals surface area contributed by atoms with Gasteiger partial charge in [-0.25, -0.2) is 0 Å². The lowest BCUT2D eigenvalue weighted by molar-refractivity contribution is 0.579. The third-order valence-corrected chi connectivity index (χ3v) is 2.59. The van der Waals surface area contributed by atoms with Crippen LogP contribution in [0.1, 0.15) is 18.4 Å². The number of fused-ring (bicyclic) bond motifs is 1. The van der Waals surface area contributed by atoms with Crippen LogP contribution in [-0.4, -0.2) is 11.9 Å². The van der Waals surface area contributed by atoms with Gasteiger partial charge in [0.25, 0.3) is 0 Å². The van der Waals surface area contributed by atoms with Gasteiger partial charge in [-0.1, -0.05) is 36.2 Å². The zero-order valence-corrected chi connectivity index (χ0v) is 7.16. The summed E-state index contributed by atoms with van der Waals surface area (Å²) in [5.74, 6) is 0. The highest BCUT2D eigenvalue weighted by Crippen LogP contribution is 2.12. The zero-order valence-electron chi connectivity index (χ0n) is 7.16. The summed E-state index contributed by atoms with van der Waals surface area (Å²) >= 11 is 0. The first-order chi connectivity index (χ1) is 5.88. The van der Waals surface area contributed by atoms with Crippen LogP contribution in [0.5, 0.6) is 0 Å². The number of benzene rings is 1. The average molecular weight is 160 g/mol. The Labute approximate surface area is 73.5 Å². The van der Waals surface area contributed by atoms with Crippen molar-refractivity contribution in [3.05, 3.63) is 29.8 Å². The molecule has 0 bridgehead atoms. The first-order valence-corrected chi connectivity index (χ1v) is 4.64. The third kappa shape index (κ3) is 1.39. The molecule has 62 valence electrons. The van der Waals surface area contributed by atoms with Crippen LogP contribution in [0.25, 0.3) is 0 Å². The summed E-state index contributed by atoms with van der Waals surface area (Å²) in [4.78, 5) is 0. The molecular formula is C10H13BO. The summed E-state index contributed by atoms with van der Waals surface area (Å²) in [6.07, 6.45) is 4.42. The molecule has 0 aliphatic carbocycles. The minimum atomic E-state index is -0.219. The monoisotopic (exact) mass is 160 g/mol. The van der Waals surface area contributed by atoms with Gasteiger partial charge >= 0.3 is 6.92 Å². The van der Waals surface area contributed by atoms with Gasteiger partial charge in [-0.2, -0.15) is 0 Å². The van der Waals surface area contributed by atoms with Crippen LogP contribution in [0.4, 0.5) is 0 Å². The number of aryl methyl sites for hydroxylation is 1. The van der Waals surface area contributed by atoms with Crippen molar-refractivity contribution >= 4 is 12.4 Å². The van der Waals surface area contributed by atoms with Gasteiger partial charge in [-0.05, 0) is 24.6 Å². The van der Waals surface area contributed by atoms with Crippen molar-refractivity contribution in [2.24, 2.45) is 0 Å². The van der Waals surface area contributed by atoms with Crippen LogP contribution in [0.15, 0.2) is 24.3 Å². The van der Waals surface area contributed by atoms with Crippen molar-refractivity contribution < 1.29 is 5.02 Å². The van der Waals surface area contributed by atoms with E-state index in [-0.39, 0.29) is 6.92 Å². The summed E-state index contributed by atoms with van der Waals surface area (Å²) in [6, 6.07) is 8.24. The first kappa shape index (κ1) is 7.87. The van der Waals surface area contributed by atoms with Gasteiger partial charge in [-0.3, -0.25) is 0 Å². The second kappa shape index (κ2) is 3.32. The van der Waals surface area contributed by atoms with Gasteiger partial charge in [0.1, 0.15) is 0 Å². The van der Waals surface area contributed by atoms with E-state index in [0.29, 0.717) is 0 Å². The molecule has 2 heteroatoms. The molecule has 0 aromatic heterocycles. The number of hydrogen-bond acceptors (Lipinski definition) is 1. The summed E-state index contributed by atoms with van der Waals surface area (Å²) in [7, 11) is 0. The highest BCUT2D eigenvalue weighted by Gasteiger charge is 2.19. The Morgan fingerprint density at radius 1 is 1.17 bits per heavy atom. The van der Waals surface area contributed by atoms with Crippen LogP contribution in [0, 0.1) is 0 Å². The molecule has 1 aliphatic rings. The smallest absolute Gasteiger partial charge is 0.323 e. The molecule has 0 atom stereocenters. The van der Waals surface area contributed by atoms with Crippen LogP contribution in [0.2, 0.25) is 6.32 Å². The van der Waals surface area contributed by atoms with Gasteiger partial charge in [0, 0.05) is 0 Å². The van der Waals surface area contributed by atoms with Crippen LogP contribution in [-0.2, 0) is 6.42 Å². The molecule has 0 fully saturated rings. The van der Waals surface area contributed by atoms with E-state index in [2.05, 4.69) is 12.1 Å². The van der Waals surface area contributed by atoms with E-state index in [0.717, 1.165) is 24.6 Å². The largest absolute Gasteiger partial charge is 0.446 e. The normalized spacial score (nSPS) is 16.9. The standard InChI is InChI=1S/C10H13BO/c12-11-8-4-3-6-9-5-1-2-7-10(9)11/h1-2,5,7,12H,3-4,6,8H2. The summed E-state index contributed by atoms with van der Waals surface area (Å²) in [5, 5.41) is 9.74. The van der Waals surface area contributed by atoms with E-state index in [4.69, 9.17) is 0 Å². The molecule has 0 amide bonds. The Morgan fingerprint density at radius 3 is 2.92 bits per heavy atom. The Balaban J connectivity index is 2.39. The molecule has 1 aliphatic heterocycles. The number of rotatable bonds is 0. The van der Waals surface area contributed by atoms with Crippen molar-refractivity contribution in [1.82, 2.24) is 0 Å². The lowest BCUT2D eigenvalue weighted by atomic mass is 9.58. The summed E-state index contributed by atoms with van der Waals surface area (Å²) in [6.45, 7) is -0.219. The van der Waals surface area contributed by atoms with Crippen molar-refractivity contribution in [3.8, 4) is 0 Å². The fourth-order valence-electron chi connectivity index (χ4n) is 1.90. The van der Waals surface area contributed by atoms with E-state index in [1.807, 2.05) is 12.1 Å². The van der Waals surface area contributed by atoms with Gasteiger partial charge in [0.2, 0.25) is 0 Å². The minimum Gasteiger partial charge on any atom is -0.446 e. The lowest BCUT2D eigenvalue weighted by Gasteiger charge is -2.06. The maximum Gasteiger partial charge on any atom is 0.323 e. The zero-order chi connectivity index (χ0) is 8.39. The highest BCUT2D eigenvalue weighted by atomic mass is 16.2. The average Bonchev–Trinajstić information content (AvgIpc) is 2.29. The maximum absolute atomic E-state index is 9.74. The SMILES string of the molecule is OB1CCCCc2ccccc21. The molecule has 12 heavy (non-hydrogen) atoms. The van der Waals surface area contributed by atoms with Crippen molar-refractivity contribution in [1.29, 1.82) is 0 Å². The molecule has 1 aromatic rings. The van der Waals surface area contributed by atoms with E-state index in [1.165, 1.54) is 12.0 Å². The Hall–Kier alpha value is -0.755. The van der Waals surface area contributed by atoms with Crippen LogP contribution in [0.3, 0.4) is 0 Å². The molecule has 1 heterocycles. The molecule has 1 nitrogen and oxygen atoms in total. The highest BCUT2D eigenvalue weighted by molar-refractivity contribution is 6.66. The molecule has 0 saturated heterocycles. The fourth-order valence-corrected chi connectivity index (χ4v) is 1.90. The van der Waals surface area contributed by atoms with Gasteiger partial charge in [-0.15, -0.1) is 0 Å². The Bertz CT molecular complexity index is 272. The quantitative estimate of drug-likeness (QED) is 0.565. The molecule has 1 N–H and O–H groups in total. The minimum absolute atomic E-state index is 0.219. The lowest BCUT2D eigenvalue weighted by Crippen LogP contribution is -2.31. The van der Waals surface area contributed by atoms with Crippen molar-refractivity contribution in [3.63, 3.8) is 0 Å². The molecule has 0 spiro atoms. The van der Waals surface area contributed by atoms with E-state index >= 15 is 0 Å². The molecule has 1 aromatic carbocycles. The first-order valence-electron chi connectivity index (χ1n) is 4.64. The predicted octanol–water partition coefficient (Wildman–Crippen LogP) is 1.21. The second-order valence-corrected chi connectivity index (χ2v) is 3.46. The third-order valence-electron chi connectivity index (χ3n) is 2.59. The number of hydrogen-bond donors (Lipinski definition) is 1. The molecule has 0 unspecified atom stereocenters. The Morgan fingerprint density at radius 2 is 2.00 bits per heavy atom. The van der Waals surface area contributed by atoms with Crippen LogP contribution < -0.4 is 5.46 Å². The fraction of sp³-hybridized carbons (Fsp3) is 0.400. The Kier molecular flexibility index (Phi) is 2.18. The topological polar surface area (TPSA) is 20.2 Å². The van der Waals surface area contributed by atoms with Gasteiger partial charge in [0.15, 0.2) is 0 Å². The molecule has 0 saturated carbocycles. The molecular weight excluding hydrogens is 147 g/mol. The summed E-state index contributed by atoms with van der Waals surface area (Å²) in [5.41, 5.74) is 2.48. The molecule has 2 rings (SSSR count). The van der Waals surface area contributed by atoms with Crippen LogP contribution >= 0.6 is 0 Å². The van der Waals surface area contributed by atoms with E-state index in [9.17, 15) is 5.02 Å². The maximum atomic E-state index is 9.74. The van der Waals surface area contributed by atoms with Crippen molar-refractivity contribution in [2.75, 3.05) is 0 Å². The van der Waals surface area contributed by atoms with Gasteiger partial charge < -0.3 is 5.02 Å². The van der Waals surface area contributed by atoms with E-state index < -0.39 is 0 Å². The predicted molar refractivity (Wildman–Crippen MR) is 51.8 cm³/mol.